The Bertz CT molecular complexity index is 4030. The zero-order valence-electron chi connectivity index (χ0n) is 34.6. The van der Waals surface area contributed by atoms with Crippen LogP contribution in [0.2, 0.25) is 0 Å². The Morgan fingerprint density at radius 1 is 0.359 bits per heavy atom. The van der Waals surface area contributed by atoms with Gasteiger partial charge in [-0.05, 0) is 130 Å². The average Bonchev–Trinajstić information content (AvgIpc) is 4.11. The van der Waals surface area contributed by atoms with E-state index in [0.29, 0.717) is 5.92 Å². The van der Waals surface area contributed by atoms with E-state index in [4.69, 9.17) is 13.3 Å². The molecule has 0 spiro atoms. The first-order valence-electron chi connectivity index (χ1n) is 22.0. The molecular formula is C60H37NO3. The number of aromatic nitrogens is 1. The van der Waals surface area contributed by atoms with Gasteiger partial charge in [-0.15, -0.1) is 0 Å². The second-order valence-electron chi connectivity index (χ2n) is 17.2. The molecule has 4 heteroatoms. The van der Waals surface area contributed by atoms with Gasteiger partial charge in [-0.3, -0.25) is 0 Å². The molecule has 0 saturated carbocycles. The van der Waals surface area contributed by atoms with Crippen molar-refractivity contribution in [2.45, 2.75) is 12.3 Å². The van der Waals surface area contributed by atoms with Crippen molar-refractivity contribution in [3.63, 3.8) is 0 Å². The van der Waals surface area contributed by atoms with E-state index in [1.54, 1.807) is 0 Å². The molecule has 1 unspecified atom stereocenters. The smallest absolute Gasteiger partial charge is 0.137 e. The molecule has 1 aliphatic carbocycles. The van der Waals surface area contributed by atoms with Gasteiger partial charge in [-0.1, -0.05) is 115 Å². The summed E-state index contributed by atoms with van der Waals surface area (Å²) in [5, 5.41) is 7.96. The molecular weight excluding hydrogens is 783 g/mol. The lowest BCUT2D eigenvalue weighted by Gasteiger charge is -2.17. The van der Waals surface area contributed by atoms with Crippen molar-refractivity contribution in [2.24, 2.45) is 0 Å². The fourth-order valence-electron chi connectivity index (χ4n) is 10.4. The normalized spacial score (nSPS) is 14.0. The molecule has 1 aliphatic rings. The van der Waals surface area contributed by atoms with Crippen LogP contribution in [-0.2, 0) is 6.42 Å². The number of hydrogen-bond acceptors (Lipinski definition) is 3. The Hall–Kier alpha value is -8.34. The number of benzene rings is 9. The fraction of sp³-hybridized carbons (Fsp3) is 0.0333. The first-order chi connectivity index (χ1) is 31.7. The molecule has 4 nitrogen and oxygen atoms in total. The third kappa shape index (κ3) is 5.42. The topological polar surface area (TPSA) is 44.4 Å². The van der Waals surface area contributed by atoms with Gasteiger partial charge in [-0.2, -0.15) is 0 Å². The van der Waals surface area contributed by atoms with Crippen LogP contribution in [-0.4, -0.2) is 4.57 Å². The van der Waals surface area contributed by atoms with Crippen LogP contribution in [0.15, 0.2) is 213 Å². The highest BCUT2D eigenvalue weighted by molar-refractivity contribution is 6.18. The minimum absolute atomic E-state index is 0.319. The number of nitrogens with zero attached hydrogens (tertiary/aromatic N) is 1. The first-order valence-corrected chi connectivity index (χ1v) is 22.0. The number of para-hydroxylation sites is 1. The van der Waals surface area contributed by atoms with Gasteiger partial charge in [0.2, 0.25) is 0 Å². The van der Waals surface area contributed by atoms with Gasteiger partial charge in [-0.25, -0.2) is 0 Å². The Morgan fingerprint density at radius 3 is 1.48 bits per heavy atom. The molecule has 0 aliphatic heterocycles. The molecule has 0 radical (unpaired) electrons. The largest absolute Gasteiger partial charge is 0.456 e. The molecule has 4 aromatic heterocycles. The molecule has 4 heterocycles. The Balaban J connectivity index is 0.909. The predicted molar refractivity (Wildman–Crippen MR) is 263 cm³/mol. The lowest BCUT2D eigenvalue weighted by molar-refractivity contribution is 0.591. The first kappa shape index (κ1) is 35.3. The zero-order valence-corrected chi connectivity index (χ0v) is 34.6. The second kappa shape index (κ2) is 13.6. The third-order valence-electron chi connectivity index (χ3n) is 13.6. The van der Waals surface area contributed by atoms with Crippen LogP contribution in [0, 0.1) is 0 Å². The maximum atomic E-state index is 6.67. The van der Waals surface area contributed by atoms with E-state index in [9.17, 15) is 0 Å². The molecule has 300 valence electrons. The van der Waals surface area contributed by atoms with Crippen LogP contribution in [0.5, 0.6) is 0 Å². The van der Waals surface area contributed by atoms with Crippen LogP contribution in [0.1, 0.15) is 22.8 Å². The third-order valence-corrected chi connectivity index (χ3v) is 13.6. The highest BCUT2D eigenvalue weighted by atomic mass is 16.3. The highest BCUT2D eigenvalue weighted by Crippen LogP contribution is 2.43. The molecule has 0 bridgehead atoms. The number of fused-ring (bicyclic) bond motifs is 12. The number of hydrogen-bond donors (Lipinski definition) is 0. The molecule has 0 fully saturated rings. The average molecular weight is 820 g/mol. The fourth-order valence-corrected chi connectivity index (χ4v) is 10.4. The van der Waals surface area contributed by atoms with E-state index in [2.05, 4.69) is 211 Å². The van der Waals surface area contributed by atoms with Crippen LogP contribution in [0.3, 0.4) is 0 Å². The Kier molecular flexibility index (Phi) is 7.48. The zero-order chi connectivity index (χ0) is 41.9. The summed E-state index contributed by atoms with van der Waals surface area (Å²) in [6.07, 6.45) is 5.35. The number of furan rings is 3. The molecule has 14 rings (SSSR count). The quantitative estimate of drug-likeness (QED) is 0.174. The van der Waals surface area contributed by atoms with Crippen molar-refractivity contribution < 1.29 is 13.3 Å². The predicted octanol–water partition coefficient (Wildman–Crippen LogP) is 16.7. The molecule has 0 amide bonds. The van der Waals surface area contributed by atoms with Crippen LogP contribution >= 0.6 is 0 Å². The number of rotatable bonds is 5. The summed E-state index contributed by atoms with van der Waals surface area (Å²) in [7, 11) is 0. The summed E-state index contributed by atoms with van der Waals surface area (Å²) < 4.78 is 21.8. The van der Waals surface area contributed by atoms with Crippen LogP contribution in [0.25, 0.3) is 122 Å². The molecule has 0 N–H and O–H groups in total. The van der Waals surface area contributed by atoms with E-state index < -0.39 is 0 Å². The maximum absolute atomic E-state index is 6.67. The summed E-state index contributed by atoms with van der Waals surface area (Å²) in [5.74, 6) is 1.29. The van der Waals surface area contributed by atoms with Crippen molar-refractivity contribution in [1.82, 2.24) is 4.57 Å². The van der Waals surface area contributed by atoms with Crippen LogP contribution < -0.4 is 0 Å². The van der Waals surface area contributed by atoms with Crippen molar-refractivity contribution in [1.29, 1.82) is 0 Å². The lowest BCUT2D eigenvalue weighted by atomic mass is 9.86. The lowest BCUT2D eigenvalue weighted by Crippen LogP contribution is -2.04. The van der Waals surface area contributed by atoms with Gasteiger partial charge in [0.1, 0.15) is 33.7 Å². The molecule has 64 heavy (non-hydrogen) atoms. The van der Waals surface area contributed by atoms with Crippen molar-refractivity contribution in [3.8, 4) is 39.1 Å². The minimum atomic E-state index is 0.319. The summed E-state index contributed by atoms with van der Waals surface area (Å²) in [6.45, 7) is 0. The highest BCUT2D eigenvalue weighted by Gasteiger charge is 2.23. The van der Waals surface area contributed by atoms with Crippen LogP contribution in [0.4, 0.5) is 0 Å². The second-order valence-corrected chi connectivity index (χ2v) is 17.2. The summed E-state index contributed by atoms with van der Waals surface area (Å²) in [4.78, 5) is 0. The van der Waals surface area contributed by atoms with Gasteiger partial charge in [0, 0.05) is 60.9 Å². The standard InChI is InChI=1S/C60H37NO3/c1-4-10-36(11-5-1)38-17-23-55-47(29-38)49-31-41(19-25-57(49)62-55)40-16-22-53-45(28-40)46-34-52-51-33-43(21-27-59(51)64-60(52)35-54(46)61(53)44-14-8-3-9-15-44)42-20-26-58-50(32-42)48-30-39(18-24-56(48)63-58)37-12-6-2-7-13-37/h1-28,30-35,38H,29H2. The molecule has 1 atom stereocenters. The van der Waals surface area contributed by atoms with Gasteiger partial charge in [0.25, 0.3) is 0 Å². The SMILES string of the molecule is C1=CC(c2ccccc2)Cc2c1oc1ccc(-c3ccc4c(c3)c3cc5c(cc3n4-c3ccccc3)oc3ccc(-c4ccc6oc7ccc(-c8ccccc8)cc7c6c4)cc35)cc21. The Labute approximate surface area is 367 Å². The van der Waals surface area contributed by atoms with Gasteiger partial charge >= 0.3 is 0 Å². The van der Waals surface area contributed by atoms with Crippen molar-refractivity contribution in [3.05, 3.63) is 217 Å². The van der Waals surface area contributed by atoms with E-state index in [1.807, 2.05) is 0 Å². The van der Waals surface area contributed by atoms with E-state index in [1.165, 1.54) is 49.5 Å². The van der Waals surface area contributed by atoms with E-state index in [-0.39, 0.29) is 0 Å². The summed E-state index contributed by atoms with van der Waals surface area (Å²) >= 11 is 0. The molecule has 9 aromatic carbocycles. The number of allylic oxidation sites excluding steroid dienone is 1. The molecule has 13 aromatic rings. The minimum Gasteiger partial charge on any atom is -0.456 e. The Morgan fingerprint density at radius 2 is 0.844 bits per heavy atom. The molecule has 0 saturated heterocycles. The van der Waals surface area contributed by atoms with Gasteiger partial charge in [0.05, 0.1) is 11.0 Å². The summed E-state index contributed by atoms with van der Waals surface area (Å²) in [5.41, 5.74) is 17.4. The van der Waals surface area contributed by atoms with Crippen molar-refractivity contribution in [2.75, 3.05) is 0 Å². The van der Waals surface area contributed by atoms with Gasteiger partial charge in [0.15, 0.2) is 0 Å². The van der Waals surface area contributed by atoms with E-state index >= 15 is 0 Å². The maximum Gasteiger partial charge on any atom is 0.137 e. The summed E-state index contributed by atoms with van der Waals surface area (Å²) in [6, 6.07) is 69.6. The monoisotopic (exact) mass is 819 g/mol. The van der Waals surface area contributed by atoms with Gasteiger partial charge < -0.3 is 17.8 Å². The van der Waals surface area contributed by atoms with E-state index in [0.717, 1.165) is 89.5 Å². The van der Waals surface area contributed by atoms with Crippen molar-refractivity contribution >= 4 is 82.7 Å².